The van der Waals surface area contributed by atoms with Gasteiger partial charge in [0.05, 0.1) is 26.1 Å². The summed E-state index contributed by atoms with van der Waals surface area (Å²) in [6.07, 6.45) is 2.26. The second-order valence-corrected chi connectivity index (χ2v) is 6.16. The standard InChI is InChI=1S/C18H19BN2O7/c1-4-26-15(22)7-18(24)16-10(2)5-11(6-12(16)19-28-18)27-14-9-20-13(8-21-14)17(23)25-3/h5-6,8-9,19,24H,4,7H2,1-3H3. The van der Waals surface area contributed by atoms with E-state index in [-0.39, 0.29) is 32.1 Å². The summed E-state index contributed by atoms with van der Waals surface area (Å²) in [6, 6.07) is 3.39. The van der Waals surface area contributed by atoms with Crippen LogP contribution < -0.4 is 10.2 Å². The van der Waals surface area contributed by atoms with E-state index >= 15 is 0 Å². The summed E-state index contributed by atoms with van der Waals surface area (Å²) in [6.45, 7) is 3.70. The van der Waals surface area contributed by atoms with Gasteiger partial charge < -0.3 is 24.0 Å². The highest BCUT2D eigenvalue weighted by molar-refractivity contribution is 6.49. The van der Waals surface area contributed by atoms with Gasteiger partial charge in [-0.15, -0.1) is 0 Å². The molecule has 2 heterocycles. The van der Waals surface area contributed by atoms with Gasteiger partial charge in [-0.3, -0.25) is 4.79 Å². The number of aromatic nitrogens is 2. The lowest BCUT2D eigenvalue weighted by Gasteiger charge is -2.25. The van der Waals surface area contributed by atoms with Gasteiger partial charge in [-0.2, -0.15) is 0 Å². The van der Waals surface area contributed by atoms with Crippen molar-refractivity contribution in [3.05, 3.63) is 41.3 Å². The lowest BCUT2D eigenvalue weighted by Crippen LogP contribution is -2.31. The number of hydrogen-bond acceptors (Lipinski definition) is 9. The van der Waals surface area contributed by atoms with Crippen molar-refractivity contribution < 1.29 is 33.6 Å². The normalized spacial score (nSPS) is 17.4. The first-order valence-corrected chi connectivity index (χ1v) is 8.60. The summed E-state index contributed by atoms with van der Waals surface area (Å²) < 4.78 is 20.7. The number of rotatable bonds is 6. The molecule has 1 aromatic carbocycles. The third-order valence-electron chi connectivity index (χ3n) is 4.18. The molecule has 0 bridgehead atoms. The maximum absolute atomic E-state index is 11.8. The highest BCUT2D eigenvalue weighted by Crippen LogP contribution is 2.34. The topological polar surface area (TPSA) is 117 Å². The Bertz CT molecular complexity index is 904. The molecule has 10 heteroatoms. The van der Waals surface area contributed by atoms with E-state index in [1.54, 1.807) is 26.0 Å². The Hall–Kier alpha value is -2.98. The van der Waals surface area contributed by atoms with Crippen LogP contribution >= 0.6 is 0 Å². The molecule has 1 N–H and O–H groups in total. The van der Waals surface area contributed by atoms with E-state index in [4.69, 9.17) is 14.1 Å². The lowest BCUT2D eigenvalue weighted by atomic mass is 9.83. The molecule has 1 unspecified atom stereocenters. The molecule has 0 saturated carbocycles. The molecule has 3 rings (SSSR count). The average molecular weight is 386 g/mol. The van der Waals surface area contributed by atoms with Crippen molar-refractivity contribution in [1.29, 1.82) is 0 Å². The van der Waals surface area contributed by atoms with Gasteiger partial charge in [0, 0.05) is 5.56 Å². The Kier molecular flexibility index (Phi) is 5.62. The zero-order valence-electron chi connectivity index (χ0n) is 15.7. The van der Waals surface area contributed by atoms with Crippen LogP contribution in [0.2, 0.25) is 0 Å². The number of aryl methyl sites for hydroxylation is 1. The van der Waals surface area contributed by atoms with Crippen LogP contribution in [0.4, 0.5) is 0 Å². The van der Waals surface area contributed by atoms with Gasteiger partial charge in [-0.05, 0) is 37.0 Å². The Morgan fingerprint density at radius 1 is 1.29 bits per heavy atom. The number of methoxy groups -OCH3 is 1. The van der Waals surface area contributed by atoms with Crippen molar-refractivity contribution in [2.75, 3.05) is 13.7 Å². The van der Waals surface area contributed by atoms with Crippen LogP contribution in [0.15, 0.2) is 24.5 Å². The van der Waals surface area contributed by atoms with E-state index in [0.717, 1.165) is 0 Å². The molecule has 1 aromatic heterocycles. The molecule has 28 heavy (non-hydrogen) atoms. The van der Waals surface area contributed by atoms with E-state index < -0.39 is 17.7 Å². The number of fused-ring (bicyclic) bond motifs is 1. The predicted molar refractivity (Wildman–Crippen MR) is 97.6 cm³/mol. The van der Waals surface area contributed by atoms with Crippen molar-refractivity contribution in [1.82, 2.24) is 9.97 Å². The Labute approximate surface area is 161 Å². The van der Waals surface area contributed by atoms with E-state index in [1.165, 1.54) is 19.5 Å². The molecule has 1 aliphatic heterocycles. The molecule has 0 amide bonds. The molecule has 0 fully saturated rings. The Morgan fingerprint density at radius 2 is 2.07 bits per heavy atom. The van der Waals surface area contributed by atoms with Crippen LogP contribution in [0.3, 0.4) is 0 Å². The lowest BCUT2D eigenvalue weighted by molar-refractivity contribution is -0.174. The van der Waals surface area contributed by atoms with Crippen LogP contribution in [0, 0.1) is 6.92 Å². The first-order chi connectivity index (χ1) is 13.4. The molecule has 146 valence electrons. The molecular formula is C18H19BN2O7. The Morgan fingerprint density at radius 3 is 2.71 bits per heavy atom. The summed E-state index contributed by atoms with van der Waals surface area (Å²) in [5.41, 5.74) is 1.98. The maximum Gasteiger partial charge on any atom is 0.358 e. The molecule has 0 saturated heterocycles. The highest BCUT2D eigenvalue weighted by Gasteiger charge is 2.42. The van der Waals surface area contributed by atoms with Gasteiger partial charge in [-0.1, -0.05) is 0 Å². The quantitative estimate of drug-likeness (QED) is 0.558. The van der Waals surface area contributed by atoms with Gasteiger partial charge in [0.1, 0.15) is 12.2 Å². The molecule has 0 aliphatic carbocycles. The van der Waals surface area contributed by atoms with Gasteiger partial charge in [0.25, 0.3) is 0 Å². The summed E-state index contributed by atoms with van der Waals surface area (Å²) in [4.78, 5) is 31.2. The van der Waals surface area contributed by atoms with Crippen LogP contribution in [-0.4, -0.2) is 48.2 Å². The second kappa shape index (κ2) is 7.95. The summed E-state index contributed by atoms with van der Waals surface area (Å²) in [5, 5.41) is 10.8. The van der Waals surface area contributed by atoms with Crippen LogP contribution in [0.1, 0.15) is 35.0 Å². The summed E-state index contributed by atoms with van der Waals surface area (Å²) in [7, 11) is 1.38. The average Bonchev–Trinajstić information content (AvgIpc) is 2.98. The number of ether oxygens (including phenoxy) is 3. The second-order valence-electron chi connectivity index (χ2n) is 6.16. The van der Waals surface area contributed by atoms with Crippen molar-refractivity contribution >= 4 is 24.9 Å². The fourth-order valence-electron chi connectivity index (χ4n) is 3.07. The van der Waals surface area contributed by atoms with Gasteiger partial charge in [0.15, 0.2) is 11.5 Å². The predicted octanol–water partition coefficient (Wildman–Crippen LogP) is 0.469. The molecule has 2 aromatic rings. The van der Waals surface area contributed by atoms with Crippen LogP contribution in [0.5, 0.6) is 11.6 Å². The fourth-order valence-corrected chi connectivity index (χ4v) is 3.07. The minimum atomic E-state index is -1.73. The smallest absolute Gasteiger partial charge is 0.358 e. The first-order valence-electron chi connectivity index (χ1n) is 8.60. The fraction of sp³-hybridized carbons (Fsp3) is 0.333. The molecule has 9 nitrogen and oxygen atoms in total. The first kappa shape index (κ1) is 19.8. The van der Waals surface area contributed by atoms with Crippen molar-refractivity contribution in [3.8, 4) is 11.6 Å². The number of hydrogen-bond donors (Lipinski definition) is 1. The monoisotopic (exact) mass is 386 g/mol. The van der Waals surface area contributed by atoms with E-state index in [1.807, 2.05) is 0 Å². The third kappa shape index (κ3) is 3.97. The maximum atomic E-state index is 11.8. The summed E-state index contributed by atoms with van der Waals surface area (Å²) >= 11 is 0. The molecule has 1 atom stereocenters. The number of carbonyl (C=O) groups is 2. The number of esters is 2. The molecule has 1 aliphatic rings. The van der Waals surface area contributed by atoms with Crippen molar-refractivity contribution in [2.24, 2.45) is 0 Å². The minimum Gasteiger partial charge on any atom is -0.466 e. The zero-order valence-corrected chi connectivity index (χ0v) is 15.7. The Balaban J connectivity index is 1.80. The largest absolute Gasteiger partial charge is 0.466 e. The molecular weight excluding hydrogens is 367 g/mol. The van der Waals surface area contributed by atoms with Gasteiger partial charge in [0.2, 0.25) is 5.88 Å². The third-order valence-corrected chi connectivity index (χ3v) is 4.18. The van der Waals surface area contributed by atoms with Gasteiger partial charge >= 0.3 is 19.4 Å². The number of nitrogens with zero attached hydrogens (tertiary/aromatic N) is 2. The summed E-state index contributed by atoms with van der Waals surface area (Å²) in [5.74, 6) is -2.22. The van der Waals surface area contributed by atoms with Crippen LogP contribution in [0.25, 0.3) is 0 Å². The highest BCUT2D eigenvalue weighted by atomic mass is 16.6. The van der Waals surface area contributed by atoms with E-state index in [2.05, 4.69) is 14.7 Å². The van der Waals surface area contributed by atoms with Crippen LogP contribution in [-0.2, 0) is 24.7 Å². The van der Waals surface area contributed by atoms with Crippen molar-refractivity contribution in [2.45, 2.75) is 26.1 Å². The van der Waals surface area contributed by atoms with E-state index in [9.17, 15) is 14.7 Å². The SMILES string of the molecule is CCOC(=O)CC1(O)OBc2cc(Oc3cnc(C(=O)OC)cn3)cc(C)c21. The zero-order chi connectivity index (χ0) is 20.3. The molecule has 0 radical (unpaired) electrons. The van der Waals surface area contributed by atoms with Crippen molar-refractivity contribution in [3.63, 3.8) is 0 Å². The van der Waals surface area contributed by atoms with Gasteiger partial charge in [-0.25, -0.2) is 14.8 Å². The molecule has 0 spiro atoms. The number of aliphatic hydroxyl groups is 1. The number of benzene rings is 1. The number of carbonyl (C=O) groups excluding carboxylic acids is 2. The van der Waals surface area contributed by atoms with E-state index in [0.29, 0.717) is 22.3 Å². The minimum absolute atomic E-state index is 0.0670.